The zero-order chi connectivity index (χ0) is 19.1. The second-order valence-electron chi connectivity index (χ2n) is 6.07. The third-order valence-electron chi connectivity index (χ3n) is 3.60. The fourth-order valence-corrected chi connectivity index (χ4v) is 2.41. The maximum Gasteiger partial charge on any atom is 0.247 e. The van der Waals surface area contributed by atoms with E-state index in [1.807, 2.05) is 62.4 Å². The van der Waals surface area contributed by atoms with E-state index in [0.717, 1.165) is 16.7 Å². The van der Waals surface area contributed by atoms with Crippen molar-refractivity contribution in [2.45, 2.75) is 13.8 Å². The number of aryl methyl sites for hydroxylation is 2. The van der Waals surface area contributed by atoms with Gasteiger partial charge in [-0.25, -0.2) is 5.43 Å². The molecule has 0 saturated heterocycles. The van der Waals surface area contributed by atoms with Gasteiger partial charge < -0.3 is 5.73 Å². The smallest absolute Gasteiger partial charge is 0.247 e. The van der Waals surface area contributed by atoms with E-state index in [1.54, 1.807) is 18.5 Å². The van der Waals surface area contributed by atoms with Gasteiger partial charge in [0.1, 0.15) is 5.82 Å². The average Bonchev–Trinajstić information content (AvgIpc) is 2.61. The van der Waals surface area contributed by atoms with E-state index in [1.165, 1.54) is 5.56 Å². The van der Waals surface area contributed by atoms with Crippen LogP contribution >= 0.6 is 0 Å². The van der Waals surface area contributed by atoms with Crippen molar-refractivity contribution in [3.8, 4) is 0 Å². The summed E-state index contributed by atoms with van der Waals surface area (Å²) >= 11 is 0. The molecule has 0 fully saturated rings. The van der Waals surface area contributed by atoms with Crippen molar-refractivity contribution in [1.29, 1.82) is 0 Å². The normalized spacial score (nSPS) is 11.2. The summed E-state index contributed by atoms with van der Waals surface area (Å²) in [5.41, 5.74) is 15.8. The molecule has 0 saturated carbocycles. The number of benzene rings is 2. The molecule has 1 aromatic heterocycles. The lowest BCUT2D eigenvalue weighted by atomic mass is 10.2. The Morgan fingerprint density at radius 1 is 0.815 bits per heavy atom. The Labute approximate surface area is 158 Å². The van der Waals surface area contributed by atoms with Crippen LogP contribution in [0.1, 0.15) is 22.3 Å². The van der Waals surface area contributed by atoms with Crippen molar-refractivity contribution in [1.82, 2.24) is 9.97 Å². The molecule has 1 heterocycles. The highest BCUT2D eigenvalue weighted by Crippen LogP contribution is 2.12. The first-order valence-corrected chi connectivity index (χ1v) is 8.44. The van der Waals surface area contributed by atoms with E-state index < -0.39 is 0 Å². The van der Waals surface area contributed by atoms with Crippen LogP contribution in [0, 0.1) is 13.8 Å². The minimum atomic E-state index is 0.284. The van der Waals surface area contributed by atoms with Gasteiger partial charge in [0, 0.05) is 6.07 Å². The number of hydrazone groups is 2. The SMILES string of the molecule is Cc1cccc(C=NNc2cc(N)nc(NN=Cc3cccc(C)c3)n2)c1. The number of hydrogen-bond acceptors (Lipinski definition) is 7. The molecule has 3 aromatic rings. The Morgan fingerprint density at radius 2 is 1.41 bits per heavy atom. The highest BCUT2D eigenvalue weighted by molar-refractivity contribution is 5.81. The highest BCUT2D eigenvalue weighted by Gasteiger charge is 2.01. The quantitative estimate of drug-likeness (QED) is 0.461. The van der Waals surface area contributed by atoms with Gasteiger partial charge in [0.25, 0.3) is 0 Å². The molecule has 0 radical (unpaired) electrons. The van der Waals surface area contributed by atoms with Crippen molar-refractivity contribution in [2.24, 2.45) is 10.2 Å². The minimum absolute atomic E-state index is 0.284. The molecule has 0 amide bonds. The molecule has 7 nitrogen and oxygen atoms in total. The molecular weight excluding hydrogens is 338 g/mol. The molecule has 0 aliphatic carbocycles. The van der Waals surface area contributed by atoms with E-state index in [9.17, 15) is 0 Å². The summed E-state index contributed by atoms with van der Waals surface area (Å²) in [7, 11) is 0. The molecule has 0 atom stereocenters. The standard InChI is InChI=1S/C20H21N7/c1-14-5-3-7-16(9-14)12-22-26-19-11-18(21)24-20(25-19)27-23-13-17-8-4-6-15(2)10-17/h3-13H,1-2H3,(H4,21,24,25,26,27). The summed E-state index contributed by atoms with van der Waals surface area (Å²) in [6, 6.07) is 17.6. The van der Waals surface area contributed by atoms with E-state index in [0.29, 0.717) is 11.6 Å². The van der Waals surface area contributed by atoms with Crippen LogP contribution in [-0.2, 0) is 0 Å². The zero-order valence-corrected chi connectivity index (χ0v) is 15.2. The Hall–Kier alpha value is -3.74. The topological polar surface area (TPSA) is 101 Å². The van der Waals surface area contributed by atoms with Crippen LogP contribution in [0.2, 0.25) is 0 Å². The van der Waals surface area contributed by atoms with Crippen molar-refractivity contribution < 1.29 is 0 Å². The second-order valence-corrected chi connectivity index (χ2v) is 6.07. The van der Waals surface area contributed by atoms with Crippen molar-refractivity contribution in [3.05, 3.63) is 76.9 Å². The summed E-state index contributed by atoms with van der Waals surface area (Å²) in [5.74, 6) is 1.07. The Bertz CT molecular complexity index is 904. The molecule has 27 heavy (non-hydrogen) atoms. The van der Waals surface area contributed by atoms with Gasteiger partial charge in [-0.3, -0.25) is 5.43 Å². The van der Waals surface area contributed by atoms with Crippen LogP contribution < -0.4 is 16.6 Å². The van der Waals surface area contributed by atoms with Crippen molar-refractivity contribution >= 4 is 30.0 Å². The molecule has 0 spiro atoms. The third kappa shape index (κ3) is 5.64. The number of nitrogens with one attached hydrogen (secondary N) is 2. The van der Waals surface area contributed by atoms with Gasteiger partial charge in [-0.15, -0.1) is 0 Å². The number of rotatable bonds is 6. The molecule has 0 aliphatic rings. The Kier molecular flexibility index (Phi) is 5.73. The number of nitrogen functional groups attached to an aromatic ring is 1. The number of hydrogen-bond donors (Lipinski definition) is 3. The molecule has 3 rings (SSSR count). The molecule has 4 N–H and O–H groups in total. The third-order valence-corrected chi connectivity index (χ3v) is 3.60. The lowest BCUT2D eigenvalue weighted by molar-refractivity contribution is 1.11. The van der Waals surface area contributed by atoms with Crippen molar-refractivity contribution in [2.75, 3.05) is 16.6 Å². The van der Waals surface area contributed by atoms with Gasteiger partial charge in [0.2, 0.25) is 5.95 Å². The molecule has 136 valence electrons. The number of nitrogens with two attached hydrogens (primary N) is 1. The van der Waals surface area contributed by atoms with E-state index in [2.05, 4.69) is 31.0 Å². The Morgan fingerprint density at radius 3 is 2.00 bits per heavy atom. The fourth-order valence-electron chi connectivity index (χ4n) is 2.41. The molecule has 0 unspecified atom stereocenters. The maximum atomic E-state index is 5.83. The summed E-state index contributed by atoms with van der Waals surface area (Å²) in [6.45, 7) is 4.06. The van der Waals surface area contributed by atoms with Gasteiger partial charge in [0.05, 0.1) is 12.4 Å². The van der Waals surface area contributed by atoms with Crippen molar-refractivity contribution in [3.63, 3.8) is 0 Å². The predicted octanol–water partition coefficient (Wildman–Crippen LogP) is 3.57. The highest BCUT2D eigenvalue weighted by atomic mass is 15.4. The number of aromatic nitrogens is 2. The number of nitrogens with zero attached hydrogens (tertiary/aromatic N) is 4. The van der Waals surface area contributed by atoms with Crippen LogP contribution in [0.25, 0.3) is 0 Å². The average molecular weight is 359 g/mol. The molecule has 7 heteroatoms. The van der Waals surface area contributed by atoms with Gasteiger partial charge >= 0.3 is 0 Å². The fraction of sp³-hybridized carbons (Fsp3) is 0.100. The van der Waals surface area contributed by atoms with E-state index in [-0.39, 0.29) is 5.95 Å². The lowest BCUT2D eigenvalue weighted by Gasteiger charge is -2.04. The largest absolute Gasteiger partial charge is 0.383 e. The van der Waals surface area contributed by atoms with Gasteiger partial charge in [-0.1, -0.05) is 59.7 Å². The van der Waals surface area contributed by atoms with Crippen LogP contribution in [0.5, 0.6) is 0 Å². The van der Waals surface area contributed by atoms with Crippen LogP contribution in [0.4, 0.5) is 17.6 Å². The van der Waals surface area contributed by atoms with E-state index >= 15 is 0 Å². The first kappa shape index (κ1) is 18.1. The summed E-state index contributed by atoms with van der Waals surface area (Å²) in [6.07, 6.45) is 3.41. The molecule has 0 aliphatic heterocycles. The second kappa shape index (κ2) is 8.57. The monoisotopic (exact) mass is 359 g/mol. The summed E-state index contributed by atoms with van der Waals surface area (Å²) in [4.78, 5) is 8.40. The first-order valence-electron chi connectivity index (χ1n) is 8.44. The first-order chi connectivity index (χ1) is 13.1. The van der Waals surface area contributed by atoms with Crippen LogP contribution in [0.15, 0.2) is 64.8 Å². The zero-order valence-electron chi connectivity index (χ0n) is 15.2. The predicted molar refractivity (Wildman–Crippen MR) is 111 cm³/mol. The van der Waals surface area contributed by atoms with Crippen LogP contribution in [-0.4, -0.2) is 22.4 Å². The van der Waals surface area contributed by atoms with Crippen LogP contribution in [0.3, 0.4) is 0 Å². The van der Waals surface area contributed by atoms with E-state index in [4.69, 9.17) is 5.73 Å². The van der Waals surface area contributed by atoms with Gasteiger partial charge in [-0.05, 0) is 25.0 Å². The summed E-state index contributed by atoms with van der Waals surface area (Å²) in [5, 5.41) is 8.34. The maximum absolute atomic E-state index is 5.83. The summed E-state index contributed by atoms with van der Waals surface area (Å²) < 4.78 is 0. The molecule has 2 aromatic carbocycles. The molecule has 0 bridgehead atoms. The lowest BCUT2D eigenvalue weighted by Crippen LogP contribution is -2.03. The number of anilines is 3. The van der Waals surface area contributed by atoms with Gasteiger partial charge in [-0.2, -0.15) is 20.2 Å². The molecular formula is C20H21N7. The minimum Gasteiger partial charge on any atom is -0.383 e. The Balaban J connectivity index is 1.65. The van der Waals surface area contributed by atoms with Gasteiger partial charge in [0.15, 0.2) is 5.82 Å².